The average Bonchev–Trinajstić information content (AvgIpc) is 3.29. The van der Waals surface area contributed by atoms with Gasteiger partial charge in [-0.05, 0) is 37.7 Å². The molecule has 1 aliphatic carbocycles. The van der Waals surface area contributed by atoms with Gasteiger partial charge in [0.05, 0.1) is 5.56 Å². The molecule has 1 saturated heterocycles. The molecule has 3 aromatic rings. The second-order valence-electron chi connectivity index (χ2n) is 8.12. The highest BCUT2D eigenvalue weighted by molar-refractivity contribution is 6.07. The Balaban J connectivity index is 1.30. The molecule has 0 spiro atoms. The first kappa shape index (κ1) is 16.6. The maximum absolute atomic E-state index is 13.1. The van der Waals surface area contributed by atoms with Crippen LogP contribution in [0.2, 0.25) is 0 Å². The molecule has 5 nitrogen and oxygen atoms in total. The lowest BCUT2D eigenvalue weighted by Gasteiger charge is -2.32. The topological polar surface area (TPSA) is 43.1 Å². The molecule has 1 saturated carbocycles. The number of likely N-dealkylation sites (tertiary alicyclic amines) is 1. The van der Waals surface area contributed by atoms with Crippen molar-refractivity contribution < 1.29 is 4.79 Å². The van der Waals surface area contributed by atoms with Gasteiger partial charge in [-0.3, -0.25) is 4.79 Å². The molecule has 2 aliphatic rings. The van der Waals surface area contributed by atoms with Gasteiger partial charge < -0.3 is 14.0 Å². The van der Waals surface area contributed by atoms with Crippen LogP contribution in [0.3, 0.4) is 0 Å². The quantitative estimate of drug-likeness (QED) is 0.708. The van der Waals surface area contributed by atoms with Gasteiger partial charge in [0.15, 0.2) is 0 Å². The molecule has 1 amide bonds. The van der Waals surface area contributed by atoms with E-state index < -0.39 is 0 Å². The zero-order valence-corrected chi connectivity index (χ0v) is 15.8. The summed E-state index contributed by atoms with van der Waals surface area (Å²) in [7, 11) is 2.00. The fourth-order valence-electron chi connectivity index (χ4n) is 4.44. The van der Waals surface area contributed by atoms with Crippen molar-refractivity contribution in [1.82, 2.24) is 19.0 Å². The summed E-state index contributed by atoms with van der Waals surface area (Å²) >= 11 is 0. The van der Waals surface area contributed by atoms with Crippen LogP contribution in [0.15, 0.2) is 42.9 Å². The number of aryl methyl sites for hydroxylation is 1. The minimum atomic E-state index is 0.159. The summed E-state index contributed by atoms with van der Waals surface area (Å²) in [5.74, 6) is 2.70. The number of amides is 1. The molecule has 0 N–H and O–H groups in total. The Morgan fingerprint density at radius 3 is 2.70 bits per heavy atom. The highest BCUT2D eigenvalue weighted by Gasteiger charge is 2.29. The largest absolute Gasteiger partial charge is 0.350 e. The Bertz CT molecular complexity index is 973. The number of hydrogen-bond donors (Lipinski definition) is 0. The Labute approximate surface area is 159 Å². The van der Waals surface area contributed by atoms with E-state index >= 15 is 0 Å². The monoisotopic (exact) mass is 362 g/mol. The number of imidazole rings is 1. The standard InChI is InChI=1S/C22H26N4O/c1-24-15-19(18-4-2-3-5-20(18)24)22(27)25-11-8-17(9-12-25)21-23-10-13-26(21)14-16-6-7-16/h2-5,10,13,15-17H,6-9,11-12,14H2,1H3. The number of para-hydroxylation sites is 1. The van der Waals surface area contributed by atoms with Crippen LogP contribution in [0.1, 0.15) is 47.8 Å². The van der Waals surface area contributed by atoms with Crippen molar-refractivity contribution in [2.75, 3.05) is 13.1 Å². The van der Waals surface area contributed by atoms with Crippen molar-refractivity contribution in [2.45, 2.75) is 38.1 Å². The van der Waals surface area contributed by atoms with Gasteiger partial charge in [0, 0.05) is 62.1 Å². The molecular formula is C22H26N4O. The lowest BCUT2D eigenvalue weighted by Crippen LogP contribution is -2.38. The SMILES string of the molecule is Cn1cc(C(=O)N2CCC(c3nccn3CC3CC3)CC2)c2ccccc21. The Morgan fingerprint density at radius 2 is 1.93 bits per heavy atom. The molecular weight excluding hydrogens is 336 g/mol. The summed E-state index contributed by atoms with van der Waals surface area (Å²) < 4.78 is 4.40. The summed E-state index contributed by atoms with van der Waals surface area (Å²) in [6.45, 7) is 2.73. The minimum absolute atomic E-state index is 0.159. The first-order valence-electron chi connectivity index (χ1n) is 10.0. The highest BCUT2D eigenvalue weighted by Crippen LogP contribution is 2.34. The number of carbonyl (C=O) groups is 1. The van der Waals surface area contributed by atoms with Crippen molar-refractivity contribution in [3.05, 3.63) is 54.2 Å². The molecule has 0 bridgehead atoms. The number of rotatable bonds is 4. The maximum atomic E-state index is 13.1. The maximum Gasteiger partial charge on any atom is 0.256 e. The lowest BCUT2D eigenvalue weighted by molar-refractivity contribution is 0.0712. The van der Waals surface area contributed by atoms with E-state index in [0.717, 1.165) is 54.9 Å². The van der Waals surface area contributed by atoms with Crippen LogP contribution in [0.4, 0.5) is 0 Å². The van der Waals surface area contributed by atoms with Crippen LogP contribution < -0.4 is 0 Å². The third kappa shape index (κ3) is 3.05. The summed E-state index contributed by atoms with van der Waals surface area (Å²) in [5, 5.41) is 1.05. The van der Waals surface area contributed by atoms with Crippen molar-refractivity contribution in [3.8, 4) is 0 Å². The molecule has 2 fully saturated rings. The summed E-state index contributed by atoms with van der Waals surface area (Å²) in [5.41, 5.74) is 1.93. The molecule has 0 unspecified atom stereocenters. The van der Waals surface area contributed by atoms with Gasteiger partial charge in [-0.1, -0.05) is 18.2 Å². The van der Waals surface area contributed by atoms with Crippen molar-refractivity contribution in [3.63, 3.8) is 0 Å². The highest BCUT2D eigenvalue weighted by atomic mass is 16.2. The van der Waals surface area contributed by atoms with Crippen LogP contribution in [0.5, 0.6) is 0 Å². The molecule has 1 aromatic carbocycles. The lowest BCUT2D eigenvalue weighted by atomic mass is 9.95. The van der Waals surface area contributed by atoms with E-state index in [-0.39, 0.29) is 5.91 Å². The van der Waals surface area contributed by atoms with Crippen molar-refractivity contribution in [2.24, 2.45) is 13.0 Å². The first-order chi connectivity index (χ1) is 13.2. The third-order valence-electron chi connectivity index (χ3n) is 6.17. The van der Waals surface area contributed by atoms with Crippen LogP contribution in [-0.4, -0.2) is 38.0 Å². The summed E-state index contributed by atoms with van der Waals surface area (Å²) in [4.78, 5) is 19.8. The summed E-state index contributed by atoms with van der Waals surface area (Å²) in [6, 6.07) is 8.14. The van der Waals surface area contributed by atoms with Crippen LogP contribution in [-0.2, 0) is 13.6 Å². The van der Waals surface area contributed by atoms with Gasteiger partial charge in [0.1, 0.15) is 5.82 Å². The smallest absolute Gasteiger partial charge is 0.256 e. The Morgan fingerprint density at radius 1 is 1.15 bits per heavy atom. The number of aromatic nitrogens is 3. The van der Waals surface area contributed by atoms with Gasteiger partial charge >= 0.3 is 0 Å². The van der Waals surface area contributed by atoms with Gasteiger partial charge in [0.2, 0.25) is 0 Å². The first-order valence-corrected chi connectivity index (χ1v) is 10.0. The molecule has 2 aromatic heterocycles. The molecule has 0 atom stereocenters. The normalized spacial score (nSPS) is 18.3. The predicted molar refractivity (Wildman–Crippen MR) is 106 cm³/mol. The minimum Gasteiger partial charge on any atom is -0.350 e. The second-order valence-corrected chi connectivity index (χ2v) is 8.12. The van der Waals surface area contributed by atoms with E-state index in [2.05, 4.69) is 21.8 Å². The summed E-state index contributed by atoms with van der Waals surface area (Å²) in [6.07, 6.45) is 10.7. The van der Waals surface area contributed by atoms with E-state index in [1.165, 1.54) is 18.7 Å². The van der Waals surface area contributed by atoms with E-state index in [9.17, 15) is 4.79 Å². The Kier molecular flexibility index (Phi) is 4.03. The zero-order chi connectivity index (χ0) is 18.4. The van der Waals surface area contributed by atoms with Gasteiger partial charge in [-0.25, -0.2) is 4.98 Å². The molecule has 5 rings (SSSR count). The zero-order valence-electron chi connectivity index (χ0n) is 15.8. The molecule has 0 radical (unpaired) electrons. The van der Waals surface area contributed by atoms with E-state index in [1.54, 1.807) is 0 Å². The number of carbonyl (C=O) groups excluding carboxylic acids is 1. The molecule has 140 valence electrons. The van der Waals surface area contributed by atoms with Crippen LogP contribution in [0.25, 0.3) is 10.9 Å². The fourth-order valence-corrected chi connectivity index (χ4v) is 4.44. The second kappa shape index (κ2) is 6.55. The number of fused-ring (bicyclic) bond motifs is 1. The van der Waals surface area contributed by atoms with E-state index in [0.29, 0.717) is 5.92 Å². The molecule has 5 heteroatoms. The van der Waals surface area contributed by atoms with E-state index in [4.69, 9.17) is 0 Å². The molecule has 1 aliphatic heterocycles. The van der Waals surface area contributed by atoms with E-state index in [1.807, 2.05) is 47.1 Å². The van der Waals surface area contributed by atoms with Crippen molar-refractivity contribution in [1.29, 1.82) is 0 Å². The van der Waals surface area contributed by atoms with Gasteiger partial charge in [-0.2, -0.15) is 0 Å². The predicted octanol–water partition coefficient (Wildman–Crippen LogP) is 3.80. The number of benzene rings is 1. The van der Waals surface area contributed by atoms with Gasteiger partial charge in [-0.15, -0.1) is 0 Å². The van der Waals surface area contributed by atoms with Crippen LogP contribution in [0, 0.1) is 5.92 Å². The number of nitrogens with zero attached hydrogens (tertiary/aromatic N) is 4. The van der Waals surface area contributed by atoms with Gasteiger partial charge in [0.25, 0.3) is 5.91 Å². The number of piperidine rings is 1. The Hall–Kier alpha value is -2.56. The van der Waals surface area contributed by atoms with Crippen LogP contribution >= 0.6 is 0 Å². The molecule has 3 heterocycles. The fraction of sp³-hybridized carbons (Fsp3) is 0.455. The third-order valence-corrected chi connectivity index (χ3v) is 6.17. The molecule has 27 heavy (non-hydrogen) atoms. The number of hydrogen-bond acceptors (Lipinski definition) is 2. The van der Waals surface area contributed by atoms with Crippen molar-refractivity contribution >= 4 is 16.8 Å². The average molecular weight is 362 g/mol.